The molecule has 0 fully saturated rings. The first-order valence-electron chi connectivity index (χ1n) is 4.81. The smallest absolute Gasteiger partial charge is 0.197 e. The molecule has 0 aliphatic rings. The molecule has 0 unspecified atom stereocenters. The summed E-state index contributed by atoms with van der Waals surface area (Å²) in [6, 6.07) is 6.11. The largest absolute Gasteiger partial charge is 0.369 e. The third-order valence-corrected chi connectivity index (χ3v) is 3.02. The van der Waals surface area contributed by atoms with Crippen molar-refractivity contribution in [3.63, 3.8) is 0 Å². The highest BCUT2D eigenvalue weighted by molar-refractivity contribution is 9.10. The summed E-state index contributed by atoms with van der Waals surface area (Å²) in [4.78, 5) is 10.2. The van der Waals surface area contributed by atoms with Crippen LogP contribution in [0.3, 0.4) is 0 Å². The van der Waals surface area contributed by atoms with Gasteiger partial charge in [0.2, 0.25) is 0 Å². The van der Waals surface area contributed by atoms with Gasteiger partial charge < -0.3 is 15.7 Å². The molecule has 0 spiro atoms. The lowest BCUT2D eigenvalue weighted by atomic mass is 10.1. The minimum atomic E-state index is 0.432. The van der Waals surface area contributed by atoms with Crippen molar-refractivity contribution in [1.82, 2.24) is 15.0 Å². The topological polar surface area (TPSA) is 70.5 Å². The fraction of sp³-hybridized carbons (Fsp3) is 0. The molecule has 4 N–H and O–H groups in total. The number of nitrogens with one attached hydrogen (secondary N) is 2. The van der Waals surface area contributed by atoms with E-state index in [2.05, 4.69) is 36.9 Å². The molecule has 0 atom stereocenters. The third kappa shape index (κ3) is 1.40. The van der Waals surface area contributed by atoms with E-state index < -0.39 is 0 Å². The van der Waals surface area contributed by atoms with Crippen LogP contribution in [0, 0.1) is 0 Å². The number of hydrogen-bond acceptors (Lipinski definition) is 2. The monoisotopic (exact) mass is 276 g/mol. The number of halogens is 1. The van der Waals surface area contributed by atoms with E-state index in [-0.39, 0.29) is 0 Å². The van der Waals surface area contributed by atoms with E-state index in [0.717, 1.165) is 26.6 Å². The van der Waals surface area contributed by atoms with E-state index in [9.17, 15) is 0 Å². The van der Waals surface area contributed by atoms with Gasteiger partial charge in [-0.3, -0.25) is 0 Å². The maximum Gasteiger partial charge on any atom is 0.197 e. The number of rotatable bonds is 1. The summed E-state index contributed by atoms with van der Waals surface area (Å²) < 4.78 is 1.05. The fourth-order valence-corrected chi connectivity index (χ4v) is 2.16. The van der Waals surface area contributed by atoms with Gasteiger partial charge in [-0.1, -0.05) is 22.0 Å². The lowest BCUT2D eigenvalue weighted by Crippen LogP contribution is -1.85. The van der Waals surface area contributed by atoms with Crippen molar-refractivity contribution in [3.05, 3.63) is 35.1 Å². The minimum absolute atomic E-state index is 0.432. The lowest BCUT2D eigenvalue weighted by molar-refractivity contribution is 1.33. The zero-order valence-corrected chi connectivity index (χ0v) is 9.88. The molecule has 0 saturated carbocycles. The summed E-state index contributed by atoms with van der Waals surface area (Å²) in [7, 11) is 0. The van der Waals surface area contributed by atoms with Crippen LogP contribution in [0.4, 0.5) is 5.95 Å². The molecule has 80 valence electrons. The summed E-state index contributed by atoms with van der Waals surface area (Å²) in [6.45, 7) is 0. The Morgan fingerprint density at radius 3 is 2.94 bits per heavy atom. The minimum Gasteiger partial charge on any atom is -0.369 e. The molecule has 0 saturated heterocycles. The van der Waals surface area contributed by atoms with Gasteiger partial charge in [-0.2, -0.15) is 0 Å². The quantitative estimate of drug-likeness (QED) is 0.640. The molecule has 4 nitrogen and oxygen atoms in total. The Bertz CT molecular complexity index is 653. The molecule has 2 heterocycles. The first-order valence-corrected chi connectivity index (χ1v) is 5.61. The van der Waals surface area contributed by atoms with E-state index >= 15 is 0 Å². The van der Waals surface area contributed by atoms with Crippen LogP contribution >= 0.6 is 15.9 Å². The summed E-state index contributed by atoms with van der Waals surface area (Å²) in [6.07, 6.45) is 3.68. The number of H-pyrrole nitrogens is 2. The van der Waals surface area contributed by atoms with Crippen LogP contribution in [-0.2, 0) is 0 Å². The van der Waals surface area contributed by atoms with Crippen LogP contribution in [-0.4, -0.2) is 15.0 Å². The molecule has 0 radical (unpaired) electrons. The van der Waals surface area contributed by atoms with Gasteiger partial charge in [0.05, 0.1) is 11.9 Å². The standard InChI is InChI=1S/C11H9BrN4/c12-6-1-2-7-8(4-14-9(7)3-6)10-5-15-11(13)16-10/h1-5,14H,(H3,13,15,16). The normalized spacial score (nSPS) is 11.1. The molecular formula is C11H9BrN4. The zero-order chi connectivity index (χ0) is 11.1. The number of fused-ring (bicyclic) bond motifs is 1. The van der Waals surface area contributed by atoms with Crippen LogP contribution < -0.4 is 5.73 Å². The maximum absolute atomic E-state index is 5.57. The van der Waals surface area contributed by atoms with Gasteiger partial charge >= 0.3 is 0 Å². The predicted molar refractivity (Wildman–Crippen MR) is 68.0 cm³/mol. The van der Waals surface area contributed by atoms with Crippen molar-refractivity contribution in [3.8, 4) is 11.3 Å². The number of aromatic nitrogens is 3. The summed E-state index contributed by atoms with van der Waals surface area (Å²) >= 11 is 3.44. The summed E-state index contributed by atoms with van der Waals surface area (Å²) in [5.41, 5.74) is 8.65. The summed E-state index contributed by atoms with van der Waals surface area (Å²) in [5, 5.41) is 1.15. The molecule has 0 bridgehead atoms. The molecule has 2 aromatic heterocycles. The second kappa shape index (κ2) is 3.38. The Hall–Kier alpha value is -1.75. The molecule has 0 aliphatic carbocycles. The van der Waals surface area contributed by atoms with Crippen molar-refractivity contribution in [1.29, 1.82) is 0 Å². The van der Waals surface area contributed by atoms with Crippen molar-refractivity contribution < 1.29 is 0 Å². The van der Waals surface area contributed by atoms with Gasteiger partial charge in [-0.25, -0.2) is 4.98 Å². The van der Waals surface area contributed by atoms with Crippen LogP contribution in [0.5, 0.6) is 0 Å². The van der Waals surface area contributed by atoms with Crippen molar-refractivity contribution in [2.45, 2.75) is 0 Å². The molecule has 0 aliphatic heterocycles. The Morgan fingerprint density at radius 2 is 2.19 bits per heavy atom. The Kier molecular flexibility index (Phi) is 2.00. The molecule has 0 amide bonds. The SMILES string of the molecule is Nc1ncc(-c2c[nH]c3cc(Br)ccc23)[nH]1. The average molecular weight is 277 g/mol. The highest BCUT2D eigenvalue weighted by Crippen LogP contribution is 2.29. The number of aromatic amines is 2. The van der Waals surface area contributed by atoms with E-state index in [4.69, 9.17) is 5.73 Å². The summed E-state index contributed by atoms with van der Waals surface area (Å²) in [5.74, 6) is 0.432. The molecule has 5 heteroatoms. The molecule has 3 rings (SSSR count). The van der Waals surface area contributed by atoms with Gasteiger partial charge in [0.15, 0.2) is 5.95 Å². The van der Waals surface area contributed by atoms with Crippen LogP contribution in [0.2, 0.25) is 0 Å². The van der Waals surface area contributed by atoms with E-state index in [1.165, 1.54) is 0 Å². The first-order chi connectivity index (χ1) is 7.74. The van der Waals surface area contributed by atoms with Crippen molar-refractivity contribution in [2.75, 3.05) is 5.73 Å². The fourth-order valence-electron chi connectivity index (χ4n) is 1.79. The van der Waals surface area contributed by atoms with Gasteiger partial charge in [0.25, 0.3) is 0 Å². The number of nitrogen functional groups attached to an aromatic ring is 1. The highest BCUT2D eigenvalue weighted by Gasteiger charge is 2.08. The predicted octanol–water partition coefficient (Wildman–Crippen LogP) is 2.90. The average Bonchev–Trinajstić information content (AvgIpc) is 2.83. The number of imidazole rings is 1. The van der Waals surface area contributed by atoms with Crippen molar-refractivity contribution in [2.24, 2.45) is 0 Å². The number of nitrogens with two attached hydrogens (primary N) is 1. The number of nitrogens with zero attached hydrogens (tertiary/aromatic N) is 1. The number of hydrogen-bond donors (Lipinski definition) is 3. The van der Waals surface area contributed by atoms with Gasteiger partial charge in [0.1, 0.15) is 0 Å². The van der Waals surface area contributed by atoms with Gasteiger partial charge in [0, 0.05) is 27.1 Å². The van der Waals surface area contributed by atoms with E-state index in [1.807, 2.05) is 18.3 Å². The Balaban J connectivity index is 2.25. The first kappa shape index (κ1) is 9.47. The van der Waals surface area contributed by atoms with Crippen LogP contribution in [0.15, 0.2) is 35.1 Å². The number of anilines is 1. The molecule has 3 aromatic rings. The molecule has 1 aromatic carbocycles. The van der Waals surface area contributed by atoms with Crippen LogP contribution in [0.25, 0.3) is 22.2 Å². The number of benzene rings is 1. The third-order valence-electron chi connectivity index (χ3n) is 2.53. The second-order valence-electron chi connectivity index (χ2n) is 3.57. The van der Waals surface area contributed by atoms with Gasteiger partial charge in [-0.05, 0) is 12.1 Å². The Labute approximate surface area is 100 Å². The molecule has 16 heavy (non-hydrogen) atoms. The van der Waals surface area contributed by atoms with E-state index in [0.29, 0.717) is 5.95 Å². The maximum atomic E-state index is 5.57. The second-order valence-corrected chi connectivity index (χ2v) is 4.49. The van der Waals surface area contributed by atoms with Crippen LogP contribution in [0.1, 0.15) is 0 Å². The molecular weight excluding hydrogens is 268 g/mol. The van der Waals surface area contributed by atoms with E-state index in [1.54, 1.807) is 6.20 Å². The lowest BCUT2D eigenvalue weighted by Gasteiger charge is -1.95. The van der Waals surface area contributed by atoms with Crippen molar-refractivity contribution >= 4 is 32.8 Å². The van der Waals surface area contributed by atoms with Gasteiger partial charge in [-0.15, -0.1) is 0 Å². The zero-order valence-electron chi connectivity index (χ0n) is 8.29. The highest BCUT2D eigenvalue weighted by atomic mass is 79.9. The Morgan fingerprint density at radius 1 is 1.31 bits per heavy atom.